The molecule has 0 aliphatic carbocycles. The monoisotopic (exact) mass is 408 g/mol. The smallest absolute Gasteiger partial charge is 0.271 e. The number of nitrogens with one attached hydrogen (secondary N) is 1. The Morgan fingerprint density at radius 1 is 1.17 bits per heavy atom. The number of ether oxygens (including phenoxy) is 1. The quantitative estimate of drug-likeness (QED) is 0.658. The van der Waals surface area contributed by atoms with Crippen molar-refractivity contribution in [1.29, 1.82) is 0 Å². The van der Waals surface area contributed by atoms with Crippen molar-refractivity contribution in [3.8, 4) is 16.3 Å². The summed E-state index contributed by atoms with van der Waals surface area (Å²) in [6.07, 6.45) is 4.29. The van der Waals surface area contributed by atoms with Crippen molar-refractivity contribution in [2.75, 3.05) is 25.1 Å². The molecule has 0 bridgehead atoms. The minimum atomic E-state index is -0.183. The second-order valence-electron chi connectivity index (χ2n) is 7.11. The van der Waals surface area contributed by atoms with E-state index in [-0.39, 0.29) is 11.9 Å². The summed E-state index contributed by atoms with van der Waals surface area (Å²) in [5.74, 6) is 1.62. The number of anilines is 1. The largest absolute Gasteiger partial charge is 0.497 e. The molecule has 0 spiro atoms. The van der Waals surface area contributed by atoms with Crippen LogP contribution in [0.1, 0.15) is 41.9 Å². The van der Waals surface area contributed by atoms with Crippen LogP contribution in [0.15, 0.2) is 48.0 Å². The number of benzene rings is 1. The van der Waals surface area contributed by atoms with Gasteiger partial charge in [-0.25, -0.2) is 9.97 Å². The summed E-state index contributed by atoms with van der Waals surface area (Å²) < 4.78 is 5.18. The van der Waals surface area contributed by atoms with Gasteiger partial charge in [-0.2, -0.15) is 0 Å². The zero-order valence-electron chi connectivity index (χ0n) is 16.6. The molecular formula is C22H24N4O2S. The molecule has 7 heteroatoms. The lowest BCUT2D eigenvalue weighted by Gasteiger charge is -2.15. The Morgan fingerprint density at radius 2 is 1.93 bits per heavy atom. The van der Waals surface area contributed by atoms with Crippen molar-refractivity contribution < 1.29 is 9.53 Å². The van der Waals surface area contributed by atoms with Gasteiger partial charge in [-0.1, -0.05) is 12.1 Å². The van der Waals surface area contributed by atoms with Gasteiger partial charge in [0.1, 0.15) is 22.3 Å². The lowest BCUT2D eigenvalue weighted by Crippen LogP contribution is -2.26. The molecule has 1 aliphatic rings. The Bertz CT molecular complexity index is 963. The number of hydrogen-bond donors (Lipinski definition) is 1. The molecular weight excluding hydrogens is 384 g/mol. The van der Waals surface area contributed by atoms with Crippen LogP contribution >= 0.6 is 11.3 Å². The molecule has 1 atom stereocenters. The Labute approximate surface area is 174 Å². The Balaban J connectivity index is 1.41. The molecule has 2 aromatic heterocycles. The molecule has 3 aromatic rings. The van der Waals surface area contributed by atoms with E-state index >= 15 is 0 Å². The van der Waals surface area contributed by atoms with Crippen LogP contribution in [0.4, 0.5) is 5.82 Å². The van der Waals surface area contributed by atoms with Gasteiger partial charge in [-0.15, -0.1) is 11.3 Å². The zero-order chi connectivity index (χ0) is 20.2. The predicted octanol–water partition coefficient (Wildman–Crippen LogP) is 4.30. The summed E-state index contributed by atoms with van der Waals surface area (Å²) in [5.41, 5.74) is 2.37. The average molecular weight is 409 g/mol. The number of aromatic nitrogens is 2. The minimum absolute atomic E-state index is 0.125. The second-order valence-corrected chi connectivity index (χ2v) is 7.96. The predicted molar refractivity (Wildman–Crippen MR) is 116 cm³/mol. The van der Waals surface area contributed by atoms with Crippen LogP contribution < -0.4 is 15.0 Å². The maximum absolute atomic E-state index is 12.6. The molecule has 150 valence electrons. The molecule has 1 aromatic carbocycles. The average Bonchev–Trinajstić information content (AvgIpc) is 3.46. The van der Waals surface area contributed by atoms with Crippen molar-refractivity contribution >= 4 is 23.1 Å². The van der Waals surface area contributed by atoms with Gasteiger partial charge < -0.3 is 15.0 Å². The maximum atomic E-state index is 12.6. The second kappa shape index (κ2) is 8.61. The van der Waals surface area contributed by atoms with E-state index in [4.69, 9.17) is 4.74 Å². The summed E-state index contributed by atoms with van der Waals surface area (Å²) in [4.78, 5) is 24.0. The topological polar surface area (TPSA) is 67.3 Å². The van der Waals surface area contributed by atoms with Gasteiger partial charge in [0.25, 0.3) is 5.91 Å². The molecule has 1 amide bonds. The van der Waals surface area contributed by atoms with Gasteiger partial charge in [0.2, 0.25) is 0 Å². The number of hydrogen-bond acceptors (Lipinski definition) is 6. The minimum Gasteiger partial charge on any atom is -0.497 e. The molecule has 4 rings (SSSR count). The van der Waals surface area contributed by atoms with E-state index in [9.17, 15) is 4.79 Å². The fraction of sp³-hybridized carbons (Fsp3) is 0.318. The maximum Gasteiger partial charge on any atom is 0.271 e. The molecule has 0 radical (unpaired) electrons. The van der Waals surface area contributed by atoms with Crippen LogP contribution in [0.2, 0.25) is 0 Å². The van der Waals surface area contributed by atoms with Gasteiger partial charge in [-0.05, 0) is 49.6 Å². The summed E-state index contributed by atoms with van der Waals surface area (Å²) >= 11 is 1.45. The first-order valence-corrected chi connectivity index (χ1v) is 10.6. The first-order chi connectivity index (χ1) is 14.1. The summed E-state index contributed by atoms with van der Waals surface area (Å²) in [7, 11) is 1.63. The highest BCUT2D eigenvalue weighted by atomic mass is 32.1. The van der Waals surface area contributed by atoms with Crippen LogP contribution in [-0.4, -0.2) is 36.1 Å². The molecule has 1 fully saturated rings. The number of carbonyl (C=O) groups is 1. The zero-order valence-corrected chi connectivity index (χ0v) is 17.4. The number of rotatable bonds is 6. The molecule has 1 N–H and O–H groups in total. The van der Waals surface area contributed by atoms with Gasteiger partial charge in [-0.3, -0.25) is 4.79 Å². The summed E-state index contributed by atoms with van der Waals surface area (Å²) in [6, 6.07) is 11.6. The highest BCUT2D eigenvalue weighted by Crippen LogP contribution is 2.26. The van der Waals surface area contributed by atoms with E-state index in [0.29, 0.717) is 5.69 Å². The molecule has 29 heavy (non-hydrogen) atoms. The SMILES string of the molecule is COc1ccc(C(C)NC(=O)c2csc(-c3ccc(N4CCCC4)nc3)n2)cc1. The fourth-order valence-corrected chi connectivity index (χ4v) is 4.19. The van der Waals surface area contributed by atoms with E-state index in [1.807, 2.05) is 49.5 Å². The Morgan fingerprint density at radius 3 is 2.59 bits per heavy atom. The molecule has 0 saturated carbocycles. The van der Waals surface area contributed by atoms with Crippen LogP contribution in [0.5, 0.6) is 5.75 Å². The van der Waals surface area contributed by atoms with E-state index in [1.165, 1.54) is 24.2 Å². The van der Waals surface area contributed by atoms with Crippen molar-refractivity contribution in [2.24, 2.45) is 0 Å². The van der Waals surface area contributed by atoms with Crippen LogP contribution in [0, 0.1) is 0 Å². The van der Waals surface area contributed by atoms with E-state index in [1.54, 1.807) is 12.5 Å². The fourth-order valence-electron chi connectivity index (χ4n) is 3.40. The number of carbonyl (C=O) groups excluding carboxylic acids is 1. The standard InChI is InChI=1S/C22H24N4O2S/c1-15(16-5-8-18(28-2)9-6-16)24-21(27)19-14-29-22(25-19)17-7-10-20(23-13-17)26-11-3-4-12-26/h5-10,13-15H,3-4,11-12H2,1-2H3,(H,24,27). The van der Waals surface area contributed by atoms with Gasteiger partial charge in [0, 0.05) is 30.2 Å². The molecule has 6 nitrogen and oxygen atoms in total. The number of thiazole rings is 1. The summed E-state index contributed by atoms with van der Waals surface area (Å²) in [5, 5.41) is 5.59. The Kier molecular flexibility index (Phi) is 5.76. The molecule has 1 aliphatic heterocycles. The normalized spacial score (nSPS) is 14.6. The third-order valence-electron chi connectivity index (χ3n) is 5.13. The molecule has 1 unspecified atom stereocenters. The number of pyridine rings is 1. The number of amides is 1. The van der Waals surface area contributed by atoms with Crippen molar-refractivity contribution in [3.05, 3.63) is 59.2 Å². The third-order valence-corrected chi connectivity index (χ3v) is 6.02. The number of nitrogens with zero attached hydrogens (tertiary/aromatic N) is 3. The van der Waals surface area contributed by atoms with E-state index in [0.717, 1.165) is 40.8 Å². The summed E-state index contributed by atoms with van der Waals surface area (Å²) in [6.45, 7) is 4.09. The van der Waals surface area contributed by atoms with Crippen LogP contribution in [0.25, 0.3) is 10.6 Å². The Hall–Kier alpha value is -2.93. The van der Waals surface area contributed by atoms with Crippen molar-refractivity contribution in [2.45, 2.75) is 25.8 Å². The number of methoxy groups -OCH3 is 1. The highest BCUT2D eigenvalue weighted by molar-refractivity contribution is 7.13. The van der Waals surface area contributed by atoms with Gasteiger partial charge in [0.15, 0.2) is 0 Å². The lowest BCUT2D eigenvalue weighted by atomic mass is 10.1. The highest BCUT2D eigenvalue weighted by Gasteiger charge is 2.17. The van der Waals surface area contributed by atoms with Crippen LogP contribution in [0.3, 0.4) is 0 Å². The van der Waals surface area contributed by atoms with Crippen LogP contribution in [-0.2, 0) is 0 Å². The third kappa shape index (κ3) is 4.40. The van der Waals surface area contributed by atoms with Crippen molar-refractivity contribution in [3.63, 3.8) is 0 Å². The first-order valence-electron chi connectivity index (χ1n) is 9.76. The first kappa shape index (κ1) is 19.4. The van der Waals surface area contributed by atoms with Crippen molar-refractivity contribution in [1.82, 2.24) is 15.3 Å². The van der Waals surface area contributed by atoms with Gasteiger partial charge >= 0.3 is 0 Å². The molecule has 3 heterocycles. The van der Waals surface area contributed by atoms with E-state index < -0.39 is 0 Å². The molecule has 1 saturated heterocycles. The van der Waals surface area contributed by atoms with E-state index in [2.05, 4.69) is 20.2 Å². The van der Waals surface area contributed by atoms with Gasteiger partial charge in [0.05, 0.1) is 13.2 Å². The lowest BCUT2D eigenvalue weighted by molar-refractivity contribution is 0.0935.